The Bertz CT molecular complexity index is 909. The Balaban J connectivity index is 2.02. The molecule has 0 aliphatic carbocycles. The van der Waals surface area contributed by atoms with Crippen LogP contribution < -0.4 is 14.4 Å². The van der Waals surface area contributed by atoms with Gasteiger partial charge in [0.2, 0.25) is 0 Å². The topological polar surface area (TPSA) is 59.8 Å². The first-order valence-corrected chi connectivity index (χ1v) is 7.11. The smallest absolute Gasteiger partial charge is 0.187 e. The molecule has 4 rings (SSSR count). The van der Waals surface area contributed by atoms with E-state index >= 15 is 0 Å². The Kier molecular flexibility index (Phi) is 3.08. The number of ether oxygens (including phenoxy) is 2. The number of nitrogens with zero attached hydrogens (tertiary/aromatic N) is 4. The summed E-state index contributed by atoms with van der Waals surface area (Å²) >= 11 is 0. The Morgan fingerprint density at radius 3 is 2.57 bits per heavy atom. The number of benzene rings is 2. The van der Waals surface area contributed by atoms with Gasteiger partial charge in [-0.1, -0.05) is 18.2 Å². The van der Waals surface area contributed by atoms with Gasteiger partial charge in [0.05, 0.1) is 25.1 Å². The summed E-state index contributed by atoms with van der Waals surface area (Å²) in [6, 6.07) is 11.8. The number of rotatable bonds is 3. The van der Waals surface area contributed by atoms with Gasteiger partial charge in [-0.25, -0.2) is 15.0 Å². The van der Waals surface area contributed by atoms with Gasteiger partial charge in [-0.3, -0.25) is 4.90 Å². The van der Waals surface area contributed by atoms with Crippen LogP contribution in [0, 0.1) is 0 Å². The van der Waals surface area contributed by atoms with Gasteiger partial charge >= 0.3 is 0 Å². The molecular weight excluding hydrogens is 292 g/mol. The lowest BCUT2D eigenvalue weighted by Gasteiger charge is -2.25. The van der Waals surface area contributed by atoms with Crippen molar-refractivity contribution >= 4 is 34.4 Å². The fraction of sp³-hybridized carbons (Fsp3) is 0.118. The molecule has 0 bridgehead atoms. The third-order valence-electron chi connectivity index (χ3n) is 3.79. The standard InChI is InChI=1S/C17H14N4O2/c1-22-13-8-12-14-15(16(13)23-2)20-10-21(17(14)19-9-18-12)11-6-4-3-5-7-11/h3-10H,1-2H3. The van der Waals surface area contributed by atoms with E-state index in [2.05, 4.69) is 15.0 Å². The van der Waals surface area contributed by atoms with Crippen LogP contribution in [0.25, 0.3) is 10.9 Å². The molecule has 6 heteroatoms. The average Bonchev–Trinajstić information content (AvgIpc) is 2.62. The Labute approximate surface area is 133 Å². The average molecular weight is 306 g/mol. The highest BCUT2D eigenvalue weighted by Crippen LogP contribution is 2.47. The maximum Gasteiger partial charge on any atom is 0.187 e. The maximum absolute atomic E-state index is 5.48. The number of hydrogen-bond donors (Lipinski definition) is 0. The molecule has 114 valence electrons. The number of para-hydroxylation sites is 1. The zero-order valence-corrected chi connectivity index (χ0v) is 12.7. The van der Waals surface area contributed by atoms with Crippen molar-refractivity contribution in [3.05, 3.63) is 42.7 Å². The summed E-state index contributed by atoms with van der Waals surface area (Å²) in [6.07, 6.45) is 3.28. The highest BCUT2D eigenvalue weighted by molar-refractivity contribution is 6.11. The first-order valence-electron chi connectivity index (χ1n) is 7.11. The van der Waals surface area contributed by atoms with E-state index < -0.39 is 0 Å². The molecule has 1 aromatic heterocycles. The van der Waals surface area contributed by atoms with Crippen LogP contribution in [0.3, 0.4) is 0 Å². The van der Waals surface area contributed by atoms with E-state index in [1.54, 1.807) is 26.9 Å². The van der Waals surface area contributed by atoms with Crippen LogP contribution in [0.5, 0.6) is 11.5 Å². The fourth-order valence-corrected chi connectivity index (χ4v) is 2.75. The number of aliphatic imine (C=N–C) groups is 1. The Morgan fingerprint density at radius 1 is 1.00 bits per heavy atom. The molecule has 0 saturated carbocycles. The van der Waals surface area contributed by atoms with E-state index in [-0.39, 0.29) is 0 Å². The van der Waals surface area contributed by atoms with Crippen LogP contribution in [-0.2, 0) is 0 Å². The molecule has 0 unspecified atom stereocenters. The summed E-state index contributed by atoms with van der Waals surface area (Å²) in [5, 5.41) is 0.844. The van der Waals surface area contributed by atoms with Crippen molar-refractivity contribution in [2.75, 3.05) is 19.1 Å². The van der Waals surface area contributed by atoms with E-state index in [4.69, 9.17) is 9.47 Å². The van der Waals surface area contributed by atoms with Gasteiger partial charge in [0.25, 0.3) is 0 Å². The quantitative estimate of drug-likeness (QED) is 0.741. The molecule has 6 nitrogen and oxygen atoms in total. The van der Waals surface area contributed by atoms with Crippen molar-refractivity contribution in [3.63, 3.8) is 0 Å². The highest BCUT2D eigenvalue weighted by Gasteiger charge is 2.24. The minimum absolute atomic E-state index is 0.583. The normalized spacial score (nSPS) is 12.5. The van der Waals surface area contributed by atoms with E-state index in [1.165, 1.54) is 0 Å². The fourth-order valence-electron chi connectivity index (χ4n) is 2.75. The summed E-state index contributed by atoms with van der Waals surface area (Å²) < 4.78 is 10.9. The van der Waals surface area contributed by atoms with Crippen LogP contribution >= 0.6 is 0 Å². The number of aromatic nitrogens is 2. The first-order chi connectivity index (χ1) is 11.3. The lowest BCUT2D eigenvalue weighted by Crippen LogP contribution is -2.18. The largest absolute Gasteiger partial charge is 0.493 e. The van der Waals surface area contributed by atoms with Crippen LogP contribution in [-0.4, -0.2) is 30.5 Å². The maximum atomic E-state index is 5.48. The number of methoxy groups -OCH3 is 2. The monoisotopic (exact) mass is 306 g/mol. The Hall–Kier alpha value is -3.15. The summed E-state index contributed by atoms with van der Waals surface area (Å²) in [4.78, 5) is 15.3. The van der Waals surface area contributed by atoms with Crippen LogP contribution in [0.2, 0.25) is 0 Å². The van der Waals surface area contributed by atoms with Crippen molar-refractivity contribution in [2.24, 2.45) is 4.99 Å². The van der Waals surface area contributed by atoms with Crippen molar-refractivity contribution < 1.29 is 9.47 Å². The second-order valence-electron chi connectivity index (χ2n) is 5.00. The summed E-state index contributed by atoms with van der Waals surface area (Å²) in [7, 11) is 3.20. The van der Waals surface area contributed by atoms with Crippen LogP contribution in [0.1, 0.15) is 0 Å². The predicted molar refractivity (Wildman–Crippen MR) is 89.4 cm³/mol. The molecule has 0 amide bonds. The van der Waals surface area contributed by atoms with Gasteiger partial charge < -0.3 is 9.47 Å². The molecular formula is C17H14N4O2. The molecule has 23 heavy (non-hydrogen) atoms. The summed E-state index contributed by atoms with van der Waals surface area (Å²) in [5.41, 5.74) is 2.43. The number of hydrogen-bond acceptors (Lipinski definition) is 6. The minimum atomic E-state index is 0.583. The molecule has 2 aromatic carbocycles. The van der Waals surface area contributed by atoms with Crippen molar-refractivity contribution in [1.29, 1.82) is 0 Å². The Morgan fingerprint density at radius 2 is 1.83 bits per heavy atom. The van der Waals surface area contributed by atoms with Crippen molar-refractivity contribution in [2.45, 2.75) is 0 Å². The molecule has 0 spiro atoms. The third kappa shape index (κ3) is 1.99. The zero-order chi connectivity index (χ0) is 15.8. The molecule has 0 radical (unpaired) electrons. The first kappa shape index (κ1) is 13.5. The highest BCUT2D eigenvalue weighted by atomic mass is 16.5. The van der Waals surface area contributed by atoms with Gasteiger partial charge in [-0.15, -0.1) is 0 Å². The lowest BCUT2D eigenvalue weighted by atomic mass is 10.1. The van der Waals surface area contributed by atoms with Crippen molar-refractivity contribution in [1.82, 2.24) is 9.97 Å². The van der Waals surface area contributed by atoms with Gasteiger partial charge in [0.15, 0.2) is 17.3 Å². The van der Waals surface area contributed by atoms with Gasteiger partial charge in [-0.05, 0) is 12.1 Å². The van der Waals surface area contributed by atoms with Gasteiger partial charge in [0, 0.05) is 11.8 Å². The molecule has 1 aliphatic rings. The van der Waals surface area contributed by atoms with E-state index in [9.17, 15) is 0 Å². The molecule has 0 N–H and O–H groups in total. The molecule has 0 fully saturated rings. The van der Waals surface area contributed by atoms with Crippen LogP contribution in [0.4, 0.5) is 17.2 Å². The molecule has 0 saturated heterocycles. The minimum Gasteiger partial charge on any atom is -0.493 e. The molecule has 0 atom stereocenters. The third-order valence-corrected chi connectivity index (χ3v) is 3.79. The number of anilines is 2. The SMILES string of the molecule is COc1cc2ncnc3c2c(c1OC)N=CN3c1ccccc1. The van der Waals surface area contributed by atoms with Gasteiger partial charge in [0.1, 0.15) is 18.4 Å². The van der Waals surface area contributed by atoms with Gasteiger partial charge in [-0.2, -0.15) is 0 Å². The molecule has 1 aliphatic heterocycles. The summed E-state index contributed by atoms with van der Waals surface area (Å²) in [5.74, 6) is 1.96. The second-order valence-corrected chi connectivity index (χ2v) is 5.00. The van der Waals surface area contributed by atoms with E-state index in [0.717, 1.165) is 22.4 Å². The molecule has 3 aromatic rings. The lowest BCUT2D eigenvalue weighted by molar-refractivity contribution is 0.357. The van der Waals surface area contributed by atoms with E-state index in [0.29, 0.717) is 17.2 Å². The van der Waals surface area contributed by atoms with Crippen molar-refractivity contribution in [3.8, 4) is 11.5 Å². The zero-order valence-electron chi connectivity index (χ0n) is 12.7. The van der Waals surface area contributed by atoms with E-state index in [1.807, 2.05) is 41.3 Å². The second kappa shape index (κ2) is 5.24. The summed E-state index contributed by atoms with van der Waals surface area (Å²) in [6.45, 7) is 0. The van der Waals surface area contributed by atoms with Crippen LogP contribution in [0.15, 0.2) is 47.7 Å². The molecule has 2 heterocycles. The predicted octanol–water partition coefficient (Wildman–Crippen LogP) is 3.46.